The molecule has 0 amide bonds. The Hall–Kier alpha value is -2.18. The molecule has 6 nitrogen and oxygen atoms in total. The van der Waals surface area contributed by atoms with Crippen molar-refractivity contribution in [2.24, 2.45) is 0 Å². The van der Waals surface area contributed by atoms with Gasteiger partial charge in [0.15, 0.2) is 5.82 Å². The molecule has 0 saturated heterocycles. The fourth-order valence-electron chi connectivity index (χ4n) is 3.67. The third kappa shape index (κ3) is 3.19. The number of benzene rings is 1. The second kappa shape index (κ2) is 6.98. The van der Waals surface area contributed by atoms with Gasteiger partial charge in [-0.15, -0.1) is 10.2 Å². The number of nitrogens with zero attached hydrogens (tertiary/aromatic N) is 4. The Morgan fingerprint density at radius 3 is 3.04 bits per heavy atom. The van der Waals surface area contributed by atoms with E-state index in [0.717, 1.165) is 37.7 Å². The molecule has 1 N–H and O–H groups in total. The van der Waals surface area contributed by atoms with Crippen LogP contribution in [-0.2, 0) is 30.9 Å². The molecule has 3 heterocycles. The van der Waals surface area contributed by atoms with E-state index in [1.54, 1.807) is 0 Å². The highest BCUT2D eigenvalue weighted by molar-refractivity contribution is 5.82. The summed E-state index contributed by atoms with van der Waals surface area (Å²) < 4.78 is 7.77. The van der Waals surface area contributed by atoms with Gasteiger partial charge in [0.2, 0.25) is 0 Å². The van der Waals surface area contributed by atoms with Gasteiger partial charge < -0.3 is 14.3 Å². The fourth-order valence-corrected chi connectivity index (χ4v) is 3.67. The standard InChI is InChI=1S/C19H25N5O/c1-3-25-13-19-22-21-18-11-14(2)23(9-10-24(18)19)12-15-5-4-6-17-16(15)7-8-20-17/h4-8,14,20H,3,9-13H2,1-2H3. The highest BCUT2D eigenvalue weighted by Gasteiger charge is 2.24. The molecule has 1 atom stereocenters. The Kier molecular flexibility index (Phi) is 4.55. The molecular formula is C19H25N5O. The number of H-pyrrole nitrogens is 1. The van der Waals surface area contributed by atoms with E-state index in [-0.39, 0.29) is 0 Å². The minimum absolute atomic E-state index is 0.430. The predicted octanol–water partition coefficient (Wildman–Crippen LogP) is 2.74. The third-order valence-corrected chi connectivity index (χ3v) is 5.11. The van der Waals surface area contributed by atoms with Crippen LogP contribution in [0.2, 0.25) is 0 Å². The van der Waals surface area contributed by atoms with Gasteiger partial charge in [-0.2, -0.15) is 0 Å². The van der Waals surface area contributed by atoms with Crippen LogP contribution in [0.3, 0.4) is 0 Å². The number of fused-ring (bicyclic) bond motifs is 2. The minimum Gasteiger partial charge on any atom is -0.374 e. The SMILES string of the molecule is CCOCc1nnc2n1CCN(Cc1cccc3[nH]ccc13)C(C)C2. The molecule has 2 aromatic heterocycles. The number of rotatable bonds is 5. The van der Waals surface area contributed by atoms with Crippen molar-refractivity contribution < 1.29 is 4.74 Å². The normalized spacial score (nSPS) is 18.4. The van der Waals surface area contributed by atoms with Crippen molar-refractivity contribution >= 4 is 10.9 Å². The number of aromatic amines is 1. The zero-order valence-electron chi connectivity index (χ0n) is 14.9. The van der Waals surface area contributed by atoms with E-state index in [1.807, 2.05) is 13.1 Å². The second-order valence-electron chi connectivity index (χ2n) is 6.70. The first-order valence-electron chi connectivity index (χ1n) is 9.04. The highest BCUT2D eigenvalue weighted by atomic mass is 16.5. The topological polar surface area (TPSA) is 59.0 Å². The molecule has 1 aliphatic heterocycles. The van der Waals surface area contributed by atoms with Gasteiger partial charge >= 0.3 is 0 Å². The lowest BCUT2D eigenvalue weighted by Crippen LogP contribution is -2.34. The van der Waals surface area contributed by atoms with Crippen molar-refractivity contribution in [1.82, 2.24) is 24.6 Å². The smallest absolute Gasteiger partial charge is 0.159 e. The van der Waals surface area contributed by atoms with Crippen LogP contribution in [0.25, 0.3) is 10.9 Å². The van der Waals surface area contributed by atoms with Gasteiger partial charge in [0, 0.05) is 55.8 Å². The molecule has 25 heavy (non-hydrogen) atoms. The van der Waals surface area contributed by atoms with Crippen molar-refractivity contribution in [2.75, 3.05) is 13.2 Å². The van der Waals surface area contributed by atoms with Crippen LogP contribution < -0.4 is 0 Å². The summed E-state index contributed by atoms with van der Waals surface area (Å²) in [6.45, 7) is 8.39. The molecule has 0 fully saturated rings. The Morgan fingerprint density at radius 1 is 1.24 bits per heavy atom. The molecular weight excluding hydrogens is 314 g/mol. The van der Waals surface area contributed by atoms with Crippen molar-refractivity contribution in [2.45, 2.75) is 46.0 Å². The maximum absolute atomic E-state index is 5.53. The Labute approximate surface area is 147 Å². The first kappa shape index (κ1) is 16.3. The molecule has 0 aliphatic carbocycles. The van der Waals surface area contributed by atoms with Gasteiger partial charge in [-0.05, 0) is 31.5 Å². The van der Waals surface area contributed by atoms with Crippen LogP contribution in [0.1, 0.15) is 31.1 Å². The Bertz CT molecular complexity index is 852. The number of nitrogens with one attached hydrogen (secondary N) is 1. The van der Waals surface area contributed by atoms with E-state index in [4.69, 9.17) is 4.74 Å². The average molecular weight is 339 g/mol. The molecule has 4 rings (SSSR count). The molecule has 1 aromatic carbocycles. The summed E-state index contributed by atoms with van der Waals surface area (Å²) in [5.41, 5.74) is 2.58. The van der Waals surface area contributed by atoms with Gasteiger partial charge in [-0.3, -0.25) is 4.90 Å². The summed E-state index contributed by atoms with van der Waals surface area (Å²) in [5.74, 6) is 2.02. The molecule has 6 heteroatoms. The Balaban J connectivity index is 1.53. The summed E-state index contributed by atoms with van der Waals surface area (Å²) in [7, 11) is 0. The van der Waals surface area contributed by atoms with E-state index in [9.17, 15) is 0 Å². The average Bonchev–Trinajstić information content (AvgIpc) is 3.21. The lowest BCUT2D eigenvalue weighted by molar-refractivity contribution is 0.124. The van der Waals surface area contributed by atoms with Gasteiger partial charge in [0.25, 0.3) is 0 Å². The van der Waals surface area contributed by atoms with Gasteiger partial charge in [-0.1, -0.05) is 12.1 Å². The Morgan fingerprint density at radius 2 is 2.16 bits per heavy atom. The van der Waals surface area contributed by atoms with E-state index < -0.39 is 0 Å². The third-order valence-electron chi connectivity index (χ3n) is 5.11. The maximum atomic E-state index is 5.53. The monoisotopic (exact) mass is 339 g/mol. The second-order valence-corrected chi connectivity index (χ2v) is 6.70. The van der Waals surface area contributed by atoms with Crippen LogP contribution in [-0.4, -0.2) is 43.8 Å². The summed E-state index contributed by atoms with van der Waals surface area (Å²) >= 11 is 0. The van der Waals surface area contributed by atoms with Crippen molar-refractivity contribution in [3.8, 4) is 0 Å². The summed E-state index contributed by atoms with van der Waals surface area (Å²) in [6.07, 6.45) is 2.93. The zero-order chi connectivity index (χ0) is 17.2. The molecule has 0 spiro atoms. The van der Waals surface area contributed by atoms with Crippen LogP contribution >= 0.6 is 0 Å². The summed E-state index contributed by atoms with van der Waals surface area (Å²) in [4.78, 5) is 5.85. The largest absolute Gasteiger partial charge is 0.374 e. The minimum atomic E-state index is 0.430. The van der Waals surface area contributed by atoms with Crippen molar-refractivity contribution in [1.29, 1.82) is 0 Å². The lowest BCUT2D eigenvalue weighted by atomic mass is 10.1. The lowest BCUT2D eigenvalue weighted by Gasteiger charge is -2.26. The molecule has 132 valence electrons. The van der Waals surface area contributed by atoms with Crippen molar-refractivity contribution in [3.63, 3.8) is 0 Å². The predicted molar refractivity (Wildman–Crippen MR) is 97.2 cm³/mol. The van der Waals surface area contributed by atoms with E-state index in [1.165, 1.54) is 16.5 Å². The van der Waals surface area contributed by atoms with Crippen LogP contribution in [0.5, 0.6) is 0 Å². The number of hydrogen-bond acceptors (Lipinski definition) is 4. The number of aromatic nitrogens is 4. The molecule has 0 radical (unpaired) electrons. The van der Waals surface area contributed by atoms with E-state index in [0.29, 0.717) is 19.3 Å². The molecule has 1 aliphatic rings. The van der Waals surface area contributed by atoms with Gasteiger partial charge in [0.1, 0.15) is 12.4 Å². The highest BCUT2D eigenvalue weighted by Crippen LogP contribution is 2.22. The molecule has 1 unspecified atom stereocenters. The van der Waals surface area contributed by atoms with E-state index in [2.05, 4.69) is 55.8 Å². The zero-order valence-corrected chi connectivity index (χ0v) is 14.9. The summed E-state index contributed by atoms with van der Waals surface area (Å²) in [6, 6.07) is 9.09. The van der Waals surface area contributed by atoms with E-state index >= 15 is 0 Å². The molecule has 0 saturated carbocycles. The number of ether oxygens (including phenoxy) is 1. The first-order valence-corrected chi connectivity index (χ1v) is 9.04. The van der Waals surface area contributed by atoms with Crippen molar-refractivity contribution in [3.05, 3.63) is 47.7 Å². The van der Waals surface area contributed by atoms with Gasteiger partial charge in [-0.25, -0.2) is 0 Å². The quantitative estimate of drug-likeness (QED) is 0.776. The van der Waals surface area contributed by atoms with Crippen LogP contribution in [0, 0.1) is 0 Å². The maximum Gasteiger partial charge on any atom is 0.159 e. The van der Waals surface area contributed by atoms with Gasteiger partial charge in [0.05, 0.1) is 0 Å². The summed E-state index contributed by atoms with van der Waals surface area (Å²) in [5, 5.41) is 10.0. The number of hydrogen-bond donors (Lipinski definition) is 1. The van der Waals surface area contributed by atoms with Crippen LogP contribution in [0.15, 0.2) is 30.5 Å². The van der Waals surface area contributed by atoms with Crippen LogP contribution in [0.4, 0.5) is 0 Å². The first-order chi connectivity index (χ1) is 12.3. The molecule has 0 bridgehead atoms. The molecule has 3 aromatic rings. The fraction of sp³-hybridized carbons (Fsp3) is 0.474.